The molecule has 0 saturated heterocycles. The number of nitrogens with zero attached hydrogens (tertiary/aromatic N) is 2. The lowest BCUT2D eigenvalue weighted by Crippen LogP contribution is -2.33. The summed E-state index contributed by atoms with van der Waals surface area (Å²) < 4.78 is 9.98. The van der Waals surface area contributed by atoms with Crippen LogP contribution in [-0.2, 0) is 9.47 Å². The maximum Gasteiger partial charge on any atom is 0.140 e. The third-order valence-electron chi connectivity index (χ3n) is 2.04. The molecule has 0 atom stereocenters. The van der Waals surface area contributed by atoms with Gasteiger partial charge in [-0.3, -0.25) is 4.90 Å². The van der Waals surface area contributed by atoms with E-state index in [1.807, 2.05) is 0 Å². The molecule has 0 unspecified atom stereocenters. The van der Waals surface area contributed by atoms with Crippen molar-refractivity contribution in [2.45, 2.75) is 6.42 Å². The molecule has 0 aromatic carbocycles. The molecule has 0 aliphatic rings. The zero-order valence-electron chi connectivity index (χ0n) is 9.48. The first-order valence-electron chi connectivity index (χ1n) is 4.91. The molecule has 0 aromatic heterocycles. The van der Waals surface area contributed by atoms with Gasteiger partial charge in [0.05, 0.1) is 13.2 Å². The van der Waals surface area contributed by atoms with E-state index in [0.29, 0.717) is 19.6 Å². The largest absolute Gasteiger partial charge is 0.409 e. The molecule has 6 heteroatoms. The SMILES string of the molecule is COCCN(CCOC)CC/C(N)=N/O. The summed E-state index contributed by atoms with van der Waals surface area (Å²) in [5.41, 5.74) is 5.39. The lowest BCUT2D eigenvalue weighted by molar-refractivity contribution is 0.115. The van der Waals surface area contributed by atoms with Crippen LogP contribution in [0.25, 0.3) is 0 Å². The van der Waals surface area contributed by atoms with Gasteiger partial charge in [0.15, 0.2) is 0 Å². The van der Waals surface area contributed by atoms with Gasteiger partial charge in [0.25, 0.3) is 0 Å². The average Bonchev–Trinajstić information content (AvgIpc) is 2.27. The van der Waals surface area contributed by atoms with E-state index in [9.17, 15) is 0 Å². The molecule has 6 nitrogen and oxygen atoms in total. The maximum absolute atomic E-state index is 8.39. The Morgan fingerprint density at radius 2 is 1.73 bits per heavy atom. The molecule has 0 amide bonds. The Morgan fingerprint density at radius 1 is 1.20 bits per heavy atom. The minimum absolute atomic E-state index is 0.245. The van der Waals surface area contributed by atoms with Crippen molar-refractivity contribution in [1.29, 1.82) is 0 Å². The molecular formula is C9H21N3O3. The molecule has 0 heterocycles. The Labute approximate surface area is 90.6 Å². The van der Waals surface area contributed by atoms with E-state index < -0.39 is 0 Å². The van der Waals surface area contributed by atoms with Crippen LogP contribution in [0.15, 0.2) is 5.16 Å². The van der Waals surface area contributed by atoms with Crippen molar-refractivity contribution in [1.82, 2.24) is 4.90 Å². The predicted octanol–water partition coefficient (Wildman–Crippen LogP) is -0.282. The Bertz CT molecular complexity index is 168. The molecule has 0 bridgehead atoms. The Morgan fingerprint density at radius 3 is 2.13 bits per heavy atom. The monoisotopic (exact) mass is 219 g/mol. The van der Waals surface area contributed by atoms with E-state index >= 15 is 0 Å². The second kappa shape index (κ2) is 9.70. The van der Waals surface area contributed by atoms with Crippen LogP contribution < -0.4 is 5.73 Å². The normalized spacial score (nSPS) is 12.3. The number of rotatable bonds is 9. The first-order chi connectivity index (χ1) is 7.24. The molecule has 0 aliphatic carbocycles. The third-order valence-corrected chi connectivity index (χ3v) is 2.04. The van der Waals surface area contributed by atoms with Crippen LogP contribution in [0, 0.1) is 0 Å². The summed E-state index contributed by atoms with van der Waals surface area (Å²) in [5, 5.41) is 11.3. The van der Waals surface area contributed by atoms with E-state index in [-0.39, 0.29) is 5.84 Å². The fourth-order valence-corrected chi connectivity index (χ4v) is 1.10. The van der Waals surface area contributed by atoms with Crippen LogP contribution in [0.1, 0.15) is 6.42 Å². The van der Waals surface area contributed by atoms with Crippen molar-refractivity contribution in [3.8, 4) is 0 Å². The van der Waals surface area contributed by atoms with Gasteiger partial charge in [-0.1, -0.05) is 5.16 Å². The Kier molecular flexibility index (Phi) is 9.15. The molecule has 0 fully saturated rings. The minimum Gasteiger partial charge on any atom is -0.409 e. The van der Waals surface area contributed by atoms with Gasteiger partial charge in [-0.05, 0) is 0 Å². The highest BCUT2D eigenvalue weighted by Gasteiger charge is 2.05. The van der Waals surface area contributed by atoms with Crippen LogP contribution in [0.5, 0.6) is 0 Å². The number of methoxy groups -OCH3 is 2. The molecule has 0 saturated carbocycles. The third kappa shape index (κ3) is 8.17. The highest BCUT2D eigenvalue weighted by Crippen LogP contribution is 1.92. The Hall–Kier alpha value is -0.850. The molecular weight excluding hydrogens is 198 g/mol. The summed E-state index contributed by atoms with van der Waals surface area (Å²) in [6.07, 6.45) is 0.546. The van der Waals surface area contributed by atoms with E-state index in [1.165, 1.54) is 0 Å². The summed E-state index contributed by atoms with van der Waals surface area (Å²) >= 11 is 0. The second-order valence-electron chi connectivity index (χ2n) is 3.17. The lowest BCUT2D eigenvalue weighted by Gasteiger charge is -2.20. The lowest BCUT2D eigenvalue weighted by atomic mass is 10.3. The molecule has 0 radical (unpaired) electrons. The van der Waals surface area contributed by atoms with Gasteiger partial charge in [-0.15, -0.1) is 0 Å². The molecule has 15 heavy (non-hydrogen) atoms. The van der Waals surface area contributed by atoms with E-state index in [4.69, 9.17) is 20.4 Å². The van der Waals surface area contributed by atoms with Crippen molar-refractivity contribution < 1.29 is 14.7 Å². The number of oxime groups is 1. The summed E-state index contributed by atoms with van der Waals surface area (Å²) in [6.45, 7) is 3.71. The van der Waals surface area contributed by atoms with Crippen molar-refractivity contribution in [2.24, 2.45) is 10.9 Å². The van der Waals surface area contributed by atoms with Gasteiger partial charge >= 0.3 is 0 Å². The van der Waals surface area contributed by atoms with Gasteiger partial charge < -0.3 is 20.4 Å². The molecule has 0 rings (SSSR count). The standard InChI is InChI=1S/C9H21N3O3/c1-14-7-5-12(6-8-15-2)4-3-9(10)11-13/h13H,3-8H2,1-2H3,(H2,10,11). The molecule has 3 N–H and O–H groups in total. The quantitative estimate of drug-likeness (QED) is 0.241. The summed E-state index contributed by atoms with van der Waals surface area (Å²) in [6, 6.07) is 0. The van der Waals surface area contributed by atoms with Crippen LogP contribution >= 0.6 is 0 Å². The number of hydrogen-bond acceptors (Lipinski definition) is 5. The van der Waals surface area contributed by atoms with Gasteiger partial charge in [0.2, 0.25) is 0 Å². The van der Waals surface area contributed by atoms with Gasteiger partial charge in [0.1, 0.15) is 5.84 Å². The highest BCUT2D eigenvalue weighted by molar-refractivity contribution is 5.79. The van der Waals surface area contributed by atoms with E-state index in [1.54, 1.807) is 14.2 Å². The number of ether oxygens (including phenoxy) is 2. The van der Waals surface area contributed by atoms with Gasteiger partial charge in [-0.2, -0.15) is 0 Å². The molecule has 0 aromatic rings. The number of amidine groups is 1. The van der Waals surface area contributed by atoms with Crippen molar-refractivity contribution in [3.63, 3.8) is 0 Å². The first-order valence-corrected chi connectivity index (χ1v) is 4.91. The number of nitrogens with two attached hydrogens (primary N) is 1. The molecule has 90 valence electrons. The summed E-state index contributed by atoms with van der Waals surface area (Å²) in [7, 11) is 3.33. The Balaban J connectivity index is 3.78. The fourth-order valence-electron chi connectivity index (χ4n) is 1.10. The van der Waals surface area contributed by atoms with Gasteiger partial charge in [-0.25, -0.2) is 0 Å². The molecule has 0 aliphatic heterocycles. The average molecular weight is 219 g/mol. The predicted molar refractivity (Wildman–Crippen MR) is 58.2 cm³/mol. The first kappa shape index (κ1) is 14.2. The van der Waals surface area contributed by atoms with Crippen LogP contribution in [-0.4, -0.2) is 63.0 Å². The zero-order valence-corrected chi connectivity index (χ0v) is 9.48. The highest BCUT2D eigenvalue weighted by atomic mass is 16.5. The molecule has 0 spiro atoms. The van der Waals surface area contributed by atoms with Crippen LogP contribution in [0.2, 0.25) is 0 Å². The van der Waals surface area contributed by atoms with E-state index in [2.05, 4.69) is 10.1 Å². The van der Waals surface area contributed by atoms with Crippen molar-refractivity contribution in [3.05, 3.63) is 0 Å². The van der Waals surface area contributed by atoms with Crippen LogP contribution in [0.4, 0.5) is 0 Å². The van der Waals surface area contributed by atoms with E-state index in [0.717, 1.165) is 19.6 Å². The number of hydrogen-bond donors (Lipinski definition) is 2. The summed E-state index contributed by atoms with van der Waals surface area (Å²) in [4.78, 5) is 2.14. The van der Waals surface area contributed by atoms with Gasteiger partial charge in [0, 0.05) is 40.3 Å². The zero-order chi connectivity index (χ0) is 11.5. The van der Waals surface area contributed by atoms with Crippen molar-refractivity contribution >= 4 is 5.84 Å². The minimum atomic E-state index is 0.245. The summed E-state index contributed by atoms with van der Waals surface area (Å²) in [5.74, 6) is 0.245. The fraction of sp³-hybridized carbons (Fsp3) is 0.889. The smallest absolute Gasteiger partial charge is 0.140 e. The topological polar surface area (TPSA) is 80.3 Å². The maximum atomic E-state index is 8.39. The van der Waals surface area contributed by atoms with Crippen molar-refractivity contribution in [2.75, 3.05) is 47.1 Å². The van der Waals surface area contributed by atoms with Crippen LogP contribution in [0.3, 0.4) is 0 Å². The second-order valence-corrected chi connectivity index (χ2v) is 3.17.